The van der Waals surface area contributed by atoms with Crippen LogP contribution in [0.4, 0.5) is 0 Å². The minimum absolute atomic E-state index is 0.0432. The summed E-state index contributed by atoms with van der Waals surface area (Å²) in [5.41, 5.74) is 6.02. The molecule has 2 nitrogen and oxygen atoms in total. The van der Waals surface area contributed by atoms with Gasteiger partial charge in [-0.05, 0) is 34.2 Å². The predicted molar refractivity (Wildman–Crippen MR) is 124 cm³/mol. The van der Waals surface area contributed by atoms with E-state index in [1.165, 1.54) is 11.1 Å². The number of hydrogen-bond acceptors (Lipinski definition) is 2. The van der Waals surface area contributed by atoms with E-state index in [-0.39, 0.29) is 11.8 Å². The molecule has 3 atom stereocenters. The molecule has 2 aliphatic rings. The van der Waals surface area contributed by atoms with E-state index in [1.807, 2.05) is 36.4 Å². The Hall–Kier alpha value is -3.70. The Morgan fingerprint density at radius 3 is 2.32 bits per heavy atom. The zero-order valence-electron chi connectivity index (χ0n) is 17.2. The molecule has 0 amide bonds. The Morgan fingerprint density at radius 2 is 1.61 bits per heavy atom. The third-order valence-corrected chi connectivity index (χ3v) is 6.93. The molecule has 0 unspecified atom stereocenters. The molecule has 1 spiro atoms. The molecular formula is C29H23NO. The van der Waals surface area contributed by atoms with Crippen LogP contribution < -0.4 is 0 Å². The molecule has 0 bridgehead atoms. The minimum Gasteiger partial charge on any atom is -0.303 e. The van der Waals surface area contributed by atoms with Crippen molar-refractivity contribution < 1.29 is 4.79 Å². The van der Waals surface area contributed by atoms with E-state index in [2.05, 4.69) is 66.8 Å². The predicted octanol–water partition coefficient (Wildman–Crippen LogP) is 6.32. The molecule has 0 saturated carbocycles. The van der Waals surface area contributed by atoms with Crippen LogP contribution in [0.2, 0.25) is 0 Å². The van der Waals surface area contributed by atoms with Crippen molar-refractivity contribution in [1.29, 1.82) is 5.26 Å². The first-order valence-electron chi connectivity index (χ1n) is 10.8. The number of nitriles is 1. The van der Waals surface area contributed by atoms with Crippen molar-refractivity contribution in [3.63, 3.8) is 0 Å². The van der Waals surface area contributed by atoms with Crippen LogP contribution in [0, 0.1) is 17.2 Å². The molecule has 5 rings (SSSR count). The van der Waals surface area contributed by atoms with Crippen molar-refractivity contribution in [1.82, 2.24) is 0 Å². The van der Waals surface area contributed by atoms with Gasteiger partial charge in [-0.1, -0.05) is 97.1 Å². The second-order valence-corrected chi connectivity index (χ2v) is 8.33. The molecule has 0 saturated heterocycles. The van der Waals surface area contributed by atoms with Gasteiger partial charge in [0.15, 0.2) is 0 Å². The summed E-state index contributed by atoms with van der Waals surface area (Å²) in [7, 11) is 0. The molecule has 2 aliphatic carbocycles. The van der Waals surface area contributed by atoms with E-state index in [0.717, 1.165) is 29.4 Å². The number of nitrogens with zero attached hydrogens (tertiary/aromatic N) is 1. The lowest BCUT2D eigenvalue weighted by Gasteiger charge is -2.47. The molecule has 0 aliphatic heterocycles. The van der Waals surface area contributed by atoms with Crippen molar-refractivity contribution in [3.8, 4) is 6.07 Å². The Labute approximate surface area is 183 Å². The van der Waals surface area contributed by atoms with Crippen molar-refractivity contribution in [2.24, 2.45) is 5.92 Å². The zero-order chi connectivity index (χ0) is 21.3. The monoisotopic (exact) mass is 401 g/mol. The third kappa shape index (κ3) is 2.97. The molecule has 3 aromatic carbocycles. The van der Waals surface area contributed by atoms with Crippen LogP contribution in [0.25, 0.3) is 11.1 Å². The second kappa shape index (κ2) is 7.85. The molecule has 0 radical (unpaired) electrons. The van der Waals surface area contributed by atoms with Crippen LogP contribution in [0.15, 0.2) is 97.1 Å². The Balaban J connectivity index is 1.81. The largest absolute Gasteiger partial charge is 0.303 e. The number of benzene rings is 3. The van der Waals surface area contributed by atoms with Gasteiger partial charge in [0, 0.05) is 23.7 Å². The Morgan fingerprint density at radius 1 is 0.935 bits per heavy atom. The van der Waals surface area contributed by atoms with Gasteiger partial charge in [0.1, 0.15) is 6.29 Å². The summed E-state index contributed by atoms with van der Waals surface area (Å²) < 4.78 is 0. The number of carbonyl (C=O) groups is 1. The normalized spacial score (nSPS) is 24.1. The van der Waals surface area contributed by atoms with Crippen molar-refractivity contribution in [3.05, 3.63) is 119 Å². The van der Waals surface area contributed by atoms with Gasteiger partial charge in [0.25, 0.3) is 0 Å². The molecule has 3 aromatic rings. The average molecular weight is 402 g/mol. The molecule has 0 aromatic heterocycles. The summed E-state index contributed by atoms with van der Waals surface area (Å²) in [6, 6.07) is 31.5. The van der Waals surface area contributed by atoms with E-state index < -0.39 is 5.41 Å². The van der Waals surface area contributed by atoms with Crippen molar-refractivity contribution in [2.45, 2.75) is 24.2 Å². The third-order valence-electron chi connectivity index (χ3n) is 6.93. The zero-order valence-corrected chi connectivity index (χ0v) is 17.2. The highest BCUT2D eigenvalue weighted by atomic mass is 16.1. The van der Waals surface area contributed by atoms with Gasteiger partial charge in [-0.2, -0.15) is 5.26 Å². The second-order valence-electron chi connectivity index (χ2n) is 8.33. The summed E-state index contributed by atoms with van der Waals surface area (Å²) in [5.74, 6) is 0.108. The van der Waals surface area contributed by atoms with Gasteiger partial charge < -0.3 is 4.79 Å². The standard InChI is InChI=1S/C29H23NO/c30-20-23-19-29(27-14-8-7-13-24(23)27)26(22-11-5-2-6-12-22)16-15-25(28(29)17-18-31)21-9-3-1-4-10-21/h1-15,18-19,26,28H,16-17H2/t26-,28-,29+/m0/s1. The fourth-order valence-electron chi connectivity index (χ4n) is 5.71. The maximum absolute atomic E-state index is 12.0. The van der Waals surface area contributed by atoms with E-state index in [0.29, 0.717) is 12.0 Å². The van der Waals surface area contributed by atoms with E-state index in [4.69, 9.17) is 0 Å². The van der Waals surface area contributed by atoms with Crippen molar-refractivity contribution >= 4 is 17.4 Å². The lowest BCUT2D eigenvalue weighted by Crippen LogP contribution is -2.41. The quantitative estimate of drug-likeness (QED) is 0.480. The van der Waals surface area contributed by atoms with Gasteiger partial charge >= 0.3 is 0 Å². The number of hydrogen-bond donors (Lipinski definition) is 0. The highest BCUT2D eigenvalue weighted by molar-refractivity contribution is 5.88. The van der Waals surface area contributed by atoms with Gasteiger partial charge in [-0.15, -0.1) is 0 Å². The molecular weight excluding hydrogens is 378 g/mol. The molecule has 0 N–H and O–H groups in total. The van der Waals surface area contributed by atoms with Crippen LogP contribution in [0.1, 0.15) is 41.0 Å². The van der Waals surface area contributed by atoms with Crippen molar-refractivity contribution in [2.75, 3.05) is 0 Å². The van der Waals surface area contributed by atoms with E-state index >= 15 is 0 Å². The lowest BCUT2D eigenvalue weighted by atomic mass is 9.55. The Bertz CT molecular complexity index is 1220. The summed E-state index contributed by atoms with van der Waals surface area (Å²) >= 11 is 0. The smallest absolute Gasteiger partial charge is 0.120 e. The summed E-state index contributed by atoms with van der Waals surface area (Å²) in [5, 5.41) is 9.98. The summed E-state index contributed by atoms with van der Waals surface area (Å²) in [4.78, 5) is 12.0. The van der Waals surface area contributed by atoms with Gasteiger partial charge in [-0.3, -0.25) is 0 Å². The van der Waals surface area contributed by atoms with Crippen LogP contribution in [0.5, 0.6) is 0 Å². The summed E-state index contributed by atoms with van der Waals surface area (Å²) in [6.45, 7) is 0. The van der Waals surface area contributed by atoms with E-state index in [9.17, 15) is 10.1 Å². The number of rotatable bonds is 4. The van der Waals surface area contributed by atoms with Crippen LogP contribution in [0.3, 0.4) is 0 Å². The molecule has 31 heavy (non-hydrogen) atoms. The first-order chi connectivity index (χ1) is 15.3. The maximum Gasteiger partial charge on any atom is 0.120 e. The Kier molecular flexibility index (Phi) is 4.88. The van der Waals surface area contributed by atoms with Crippen LogP contribution >= 0.6 is 0 Å². The molecule has 2 heteroatoms. The van der Waals surface area contributed by atoms with Crippen LogP contribution in [-0.2, 0) is 10.2 Å². The number of allylic oxidation sites excluding steroid dienone is 4. The minimum atomic E-state index is -0.441. The first kappa shape index (κ1) is 19.3. The van der Waals surface area contributed by atoms with Crippen LogP contribution in [-0.4, -0.2) is 6.29 Å². The fraction of sp³-hybridized carbons (Fsp3) is 0.172. The number of aldehydes is 1. The summed E-state index contributed by atoms with van der Waals surface area (Å²) in [6.07, 6.45) is 6.78. The van der Waals surface area contributed by atoms with Gasteiger partial charge in [0.05, 0.1) is 11.6 Å². The molecule has 0 fully saturated rings. The first-order valence-corrected chi connectivity index (χ1v) is 10.8. The van der Waals surface area contributed by atoms with Gasteiger partial charge in [-0.25, -0.2) is 0 Å². The maximum atomic E-state index is 12.0. The number of carbonyl (C=O) groups excluding carboxylic acids is 1. The molecule has 0 heterocycles. The lowest BCUT2D eigenvalue weighted by molar-refractivity contribution is -0.108. The molecule has 150 valence electrons. The highest BCUT2D eigenvalue weighted by Crippen LogP contribution is 2.60. The fourth-order valence-corrected chi connectivity index (χ4v) is 5.71. The highest BCUT2D eigenvalue weighted by Gasteiger charge is 2.52. The van der Waals surface area contributed by atoms with E-state index in [1.54, 1.807) is 0 Å². The SMILES string of the molecule is N#CC1=C[C@@]2(c3ccccc31)[C@@H](CC=O)C(c1ccccc1)=CC[C@H]2c1ccccc1. The number of fused-ring (bicyclic) bond motifs is 2. The van der Waals surface area contributed by atoms with Gasteiger partial charge in [0.2, 0.25) is 0 Å². The average Bonchev–Trinajstić information content (AvgIpc) is 3.16. The topological polar surface area (TPSA) is 40.9 Å².